The number of hydrogen-bond donors (Lipinski definition) is 2. The number of hydrogen-bond acceptors (Lipinski definition) is 3. The molecule has 1 amide bonds. The van der Waals surface area contributed by atoms with Crippen molar-refractivity contribution in [1.82, 2.24) is 0 Å². The average molecular weight is 262 g/mol. The summed E-state index contributed by atoms with van der Waals surface area (Å²) in [6.45, 7) is 4.57. The number of rotatable bonds is 4. The van der Waals surface area contributed by atoms with E-state index < -0.39 is 0 Å². The maximum absolute atomic E-state index is 12.2. The second-order valence-electron chi connectivity index (χ2n) is 5.01. The van der Waals surface area contributed by atoms with Gasteiger partial charge in [0.2, 0.25) is 0 Å². The van der Waals surface area contributed by atoms with Crippen LogP contribution in [0.4, 0.5) is 5.69 Å². The summed E-state index contributed by atoms with van der Waals surface area (Å²) >= 11 is 0. The van der Waals surface area contributed by atoms with E-state index in [2.05, 4.69) is 12.2 Å². The van der Waals surface area contributed by atoms with Gasteiger partial charge in [0.1, 0.15) is 6.10 Å². The molecule has 1 aromatic rings. The zero-order chi connectivity index (χ0) is 13.8. The van der Waals surface area contributed by atoms with Crippen molar-refractivity contribution in [2.75, 3.05) is 11.9 Å². The molecule has 2 atom stereocenters. The van der Waals surface area contributed by atoms with Crippen LogP contribution in [-0.2, 0) is 16.0 Å². The topological polar surface area (TPSA) is 64.4 Å². The third-order valence-electron chi connectivity index (χ3n) is 3.65. The zero-order valence-corrected chi connectivity index (χ0v) is 11.6. The standard InChI is InChI=1S/C15H22N2O2/c1-3-11-6-4-5-10(2)14(11)17-15(18)13-8-7-12(9-16)19-13/h4-6,12-13H,3,7-9,16H2,1-2H3,(H,17,18)/t12-,13+/m1/s1. The van der Waals surface area contributed by atoms with Crippen LogP contribution in [0.1, 0.15) is 30.9 Å². The van der Waals surface area contributed by atoms with Crippen molar-refractivity contribution in [3.05, 3.63) is 29.3 Å². The van der Waals surface area contributed by atoms with Crippen LogP contribution >= 0.6 is 0 Å². The first-order valence-corrected chi connectivity index (χ1v) is 6.90. The normalized spacial score (nSPS) is 22.5. The highest BCUT2D eigenvalue weighted by Gasteiger charge is 2.30. The fourth-order valence-corrected chi connectivity index (χ4v) is 2.48. The Hall–Kier alpha value is -1.39. The summed E-state index contributed by atoms with van der Waals surface area (Å²) < 4.78 is 5.62. The lowest BCUT2D eigenvalue weighted by atomic mass is 10.1. The Morgan fingerprint density at radius 1 is 1.47 bits per heavy atom. The molecule has 0 radical (unpaired) electrons. The second-order valence-corrected chi connectivity index (χ2v) is 5.01. The summed E-state index contributed by atoms with van der Waals surface area (Å²) in [5.74, 6) is -0.0556. The monoisotopic (exact) mass is 262 g/mol. The Morgan fingerprint density at radius 3 is 2.89 bits per heavy atom. The number of aryl methyl sites for hydroxylation is 2. The summed E-state index contributed by atoms with van der Waals surface area (Å²) in [6.07, 6.45) is 2.18. The summed E-state index contributed by atoms with van der Waals surface area (Å²) in [5.41, 5.74) is 8.73. The summed E-state index contributed by atoms with van der Waals surface area (Å²) in [5, 5.41) is 3.01. The van der Waals surface area contributed by atoms with Crippen LogP contribution in [0, 0.1) is 6.92 Å². The average Bonchev–Trinajstić information content (AvgIpc) is 2.90. The molecule has 1 aliphatic rings. The molecule has 0 unspecified atom stereocenters. The largest absolute Gasteiger partial charge is 0.364 e. The number of para-hydroxylation sites is 1. The van der Waals surface area contributed by atoms with Gasteiger partial charge in [-0.15, -0.1) is 0 Å². The third-order valence-corrected chi connectivity index (χ3v) is 3.65. The quantitative estimate of drug-likeness (QED) is 0.872. The van der Waals surface area contributed by atoms with E-state index in [1.807, 2.05) is 25.1 Å². The Bertz CT molecular complexity index is 459. The molecule has 0 saturated carbocycles. The third kappa shape index (κ3) is 3.14. The molecule has 3 N–H and O–H groups in total. The van der Waals surface area contributed by atoms with Crippen LogP contribution in [0.15, 0.2) is 18.2 Å². The molecule has 0 aliphatic carbocycles. The molecule has 2 rings (SSSR count). The molecule has 1 saturated heterocycles. The molecular formula is C15H22N2O2. The molecule has 4 nitrogen and oxygen atoms in total. The predicted molar refractivity (Wildman–Crippen MR) is 76.1 cm³/mol. The van der Waals surface area contributed by atoms with Gasteiger partial charge in [0.25, 0.3) is 5.91 Å². The lowest BCUT2D eigenvalue weighted by Gasteiger charge is -2.16. The maximum Gasteiger partial charge on any atom is 0.253 e. The minimum atomic E-state index is -0.363. The number of carbonyl (C=O) groups excluding carboxylic acids is 1. The molecule has 104 valence electrons. The van der Waals surface area contributed by atoms with E-state index in [0.717, 1.165) is 36.1 Å². The summed E-state index contributed by atoms with van der Waals surface area (Å²) in [7, 11) is 0. The highest BCUT2D eigenvalue weighted by molar-refractivity contribution is 5.95. The zero-order valence-electron chi connectivity index (χ0n) is 11.6. The van der Waals surface area contributed by atoms with Crippen LogP contribution in [0.3, 0.4) is 0 Å². The van der Waals surface area contributed by atoms with Crippen molar-refractivity contribution in [3.8, 4) is 0 Å². The molecule has 0 bridgehead atoms. The Labute approximate surface area is 114 Å². The SMILES string of the molecule is CCc1cccc(C)c1NC(=O)[C@@H]1CC[C@H](CN)O1. The molecule has 0 aromatic heterocycles. The van der Waals surface area contributed by atoms with E-state index in [9.17, 15) is 4.79 Å². The molecule has 4 heteroatoms. The van der Waals surface area contributed by atoms with Crippen LogP contribution in [0.5, 0.6) is 0 Å². The van der Waals surface area contributed by atoms with Gasteiger partial charge in [-0.1, -0.05) is 25.1 Å². The lowest BCUT2D eigenvalue weighted by molar-refractivity contribution is -0.126. The molecule has 19 heavy (non-hydrogen) atoms. The second kappa shape index (κ2) is 6.17. The van der Waals surface area contributed by atoms with E-state index >= 15 is 0 Å². The lowest BCUT2D eigenvalue weighted by Crippen LogP contribution is -2.30. The number of anilines is 1. The minimum Gasteiger partial charge on any atom is -0.364 e. The predicted octanol–water partition coefficient (Wildman–Crippen LogP) is 2.00. The van der Waals surface area contributed by atoms with Gasteiger partial charge < -0.3 is 15.8 Å². The molecular weight excluding hydrogens is 240 g/mol. The first-order valence-electron chi connectivity index (χ1n) is 6.90. The van der Waals surface area contributed by atoms with Crippen LogP contribution in [0.25, 0.3) is 0 Å². The Kier molecular flexibility index (Phi) is 4.56. The van der Waals surface area contributed by atoms with Crippen molar-refractivity contribution < 1.29 is 9.53 Å². The smallest absolute Gasteiger partial charge is 0.253 e. The van der Waals surface area contributed by atoms with E-state index in [1.165, 1.54) is 0 Å². The van der Waals surface area contributed by atoms with Gasteiger partial charge >= 0.3 is 0 Å². The maximum atomic E-state index is 12.2. The molecule has 1 fully saturated rings. The van der Waals surface area contributed by atoms with Crippen LogP contribution in [-0.4, -0.2) is 24.7 Å². The van der Waals surface area contributed by atoms with Crippen molar-refractivity contribution in [2.45, 2.75) is 45.3 Å². The fourth-order valence-electron chi connectivity index (χ4n) is 2.48. The first kappa shape index (κ1) is 14.0. The van der Waals surface area contributed by atoms with Gasteiger partial charge in [-0.25, -0.2) is 0 Å². The minimum absolute atomic E-state index is 0.0262. The van der Waals surface area contributed by atoms with Gasteiger partial charge in [-0.05, 0) is 37.3 Å². The summed E-state index contributed by atoms with van der Waals surface area (Å²) in [4.78, 5) is 12.2. The van der Waals surface area contributed by atoms with Crippen molar-refractivity contribution in [2.24, 2.45) is 5.73 Å². The molecule has 1 heterocycles. The van der Waals surface area contributed by atoms with E-state index in [0.29, 0.717) is 6.54 Å². The Balaban J connectivity index is 2.07. The van der Waals surface area contributed by atoms with Crippen molar-refractivity contribution >= 4 is 11.6 Å². The number of carbonyl (C=O) groups is 1. The van der Waals surface area contributed by atoms with Gasteiger partial charge in [0, 0.05) is 12.2 Å². The van der Waals surface area contributed by atoms with Gasteiger partial charge in [0.15, 0.2) is 0 Å². The van der Waals surface area contributed by atoms with E-state index in [1.54, 1.807) is 0 Å². The van der Waals surface area contributed by atoms with Crippen molar-refractivity contribution in [1.29, 1.82) is 0 Å². The number of amides is 1. The highest BCUT2D eigenvalue weighted by atomic mass is 16.5. The van der Waals surface area contributed by atoms with E-state index in [-0.39, 0.29) is 18.1 Å². The number of ether oxygens (including phenoxy) is 1. The first-order chi connectivity index (χ1) is 9.15. The van der Waals surface area contributed by atoms with Gasteiger partial charge in [-0.2, -0.15) is 0 Å². The highest BCUT2D eigenvalue weighted by Crippen LogP contribution is 2.24. The van der Waals surface area contributed by atoms with Gasteiger partial charge in [-0.3, -0.25) is 4.79 Å². The Morgan fingerprint density at radius 2 is 2.26 bits per heavy atom. The molecule has 1 aromatic carbocycles. The fraction of sp³-hybridized carbons (Fsp3) is 0.533. The number of benzene rings is 1. The van der Waals surface area contributed by atoms with Gasteiger partial charge in [0.05, 0.1) is 6.10 Å². The van der Waals surface area contributed by atoms with Crippen LogP contribution < -0.4 is 11.1 Å². The van der Waals surface area contributed by atoms with Crippen molar-refractivity contribution in [3.63, 3.8) is 0 Å². The van der Waals surface area contributed by atoms with E-state index in [4.69, 9.17) is 10.5 Å². The number of nitrogens with one attached hydrogen (secondary N) is 1. The van der Waals surface area contributed by atoms with Crippen LogP contribution in [0.2, 0.25) is 0 Å². The molecule has 0 spiro atoms. The summed E-state index contributed by atoms with van der Waals surface area (Å²) in [6, 6.07) is 6.06. The number of nitrogens with two attached hydrogens (primary N) is 1. The molecule has 1 aliphatic heterocycles.